The Morgan fingerprint density at radius 3 is 2.21 bits per heavy atom. The average molecular weight is 541 g/mol. The molecule has 2 aromatic carbocycles. The second kappa shape index (κ2) is 11.5. The summed E-state index contributed by atoms with van der Waals surface area (Å²) in [6.07, 6.45) is -5.88. The van der Waals surface area contributed by atoms with Crippen molar-refractivity contribution in [2.75, 3.05) is 25.0 Å². The molecule has 1 aromatic heterocycles. The maximum atomic E-state index is 13.1. The van der Waals surface area contributed by atoms with Gasteiger partial charge < -0.3 is 15.2 Å². The van der Waals surface area contributed by atoms with Crippen LogP contribution in [0.2, 0.25) is 0 Å². The van der Waals surface area contributed by atoms with Gasteiger partial charge >= 0.3 is 18.4 Å². The number of anilines is 2. The minimum Gasteiger partial charge on any atom is -0.454 e. The van der Waals surface area contributed by atoms with Crippen molar-refractivity contribution in [1.82, 2.24) is 19.9 Å². The third kappa shape index (κ3) is 7.54. The molecule has 0 aliphatic carbocycles. The highest BCUT2D eigenvalue weighted by Gasteiger charge is 2.31. The van der Waals surface area contributed by atoms with Crippen LogP contribution < -0.4 is 10.1 Å². The standard InChI is InChI=1S/C25H25F6N5O2/c26-24(27,28)15-38-23-34-20(33-22(35-23)32-19-7-5-6-18(14-19)25(29,30)31)16-8-10-17(11-9-16)21(37)36-12-3-1-2-4-13-36/h5-11,14,21,37H,1-4,12-13,15H2,(H,32,33,34,35). The van der Waals surface area contributed by atoms with Gasteiger partial charge in [-0.3, -0.25) is 4.90 Å². The van der Waals surface area contributed by atoms with Crippen LogP contribution in [-0.2, 0) is 6.18 Å². The molecule has 2 heterocycles. The van der Waals surface area contributed by atoms with Crippen LogP contribution in [0.15, 0.2) is 48.5 Å². The third-order valence-electron chi connectivity index (χ3n) is 5.88. The van der Waals surface area contributed by atoms with E-state index >= 15 is 0 Å². The summed E-state index contributed by atoms with van der Waals surface area (Å²) in [5.74, 6) is -0.373. The number of ether oxygens (including phenoxy) is 1. The molecule has 1 fully saturated rings. The van der Waals surface area contributed by atoms with Crippen molar-refractivity contribution in [3.05, 3.63) is 59.7 Å². The van der Waals surface area contributed by atoms with Crippen LogP contribution in [0.1, 0.15) is 43.0 Å². The van der Waals surface area contributed by atoms with Gasteiger partial charge in [-0.1, -0.05) is 43.2 Å². The van der Waals surface area contributed by atoms with Crippen LogP contribution in [0.5, 0.6) is 6.01 Å². The minimum absolute atomic E-state index is 0.0327. The smallest absolute Gasteiger partial charge is 0.422 e. The molecule has 0 saturated carbocycles. The van der Waals surface area contributed by atoms with E-state index in [0.717, 1.165) is 50.9 Å². The predicted molar refractivity (Wildman–Crippen MR) is 127 cm³/mol. The van der Waals surface area contributed by atoms with Crippen molar-refractivity contribution in [2.45, 2.75) is 44.3 Å². The summed E-state index contributed by atoms with van der Waals surface area (Å²) < 4.78 is 82.1. The van der Waals surface area contributed by atoms with E-state index in [4.69, 9.17) is 0 Å². The van der Waals surface area contributed by atoms with E-state index in [0.29, 0.717) is 11.1 Å². The normalized spacial score (nSPS) is 16.1. The van der Waals surface area contributed by atoms with E-state index in [2.05, 4.69) is 25.0 Å². The molecule has 2 N–H and O–H groups in total. The summed E-state index contributed by atoms with van der Waals surface area (Å²) in [6, 6.07) is 10.0. The second-order valence-corrected chi connectivity index (χ2v) is 8.82. The molecule has 0 amide bonds. The number of rotatable bonds is 7. The molecule has 13 heteroatoms. The van der Waals surface area contributed by atoms with Gasteiger partial charge in [0.1, 0.15) is 6.23 Å². The number of aliphatic hydroxyl groups is 1. The van der Waals surface area contributed by atoms with Gasteiger partial charge in [-0.05, 0) is 36.6 Å². The van der Waals surface area contributed by atoms with Gasteiger partial charge in [0.2, 0.25) is 5.95 Å². The Morgan fingerprint density at radius 1 is 0.895 bits per heavy atom. The molecular weight excluding hydrogens is 516 g/mol. The maximum absolute atomic E-state index is 13.1. The van der Waals surface area contributed by atoms with Crippen LogP contribution in [0.25, 0.3) is 11.4 Å². The lowest BCUT2D eigenvalue weighted by Crippen LogP contribution is -2.29. The molecule has 204 valence electrons. The van der Waals surface area contributed by atoms with E-state index in [-0.39, 0.29) is 17.5 Å². The Hall–Kier alpha value is -3.45. The van der Waals surface area contributed by atoms with Crippen molar-refractivity contribution in [1.29, 1.82) is 0 Å². The zero-order chi connectivity index (χ0) is 27.3. The molecule has 4 rings (SSSR count). The number of aromatic nitrogens is 3. The number of hydrogen-bond donors (Lipinski definition) is 2. The largest absolute Gasteiger partial charge is 0.454 e. The average Bonchev–Trinajstić information content (AvgIpc) is 3.16. The zero-order valence-corrected chi connectivity index (χ0v) is 20.1. The molecule has 1 atom stereocenters. The van der Waals surface area contributed by atoms with Crippen molar-refractivity contribution in [3.63, 3.8) is 0 Å². The van der Waals surface area contributed by atoms with Crippen LogP contribution in [0.4, 0.5) is 38.0 Å². The summed E-state index contributed by atoms with van der Waals surface area (Å²) in [7, 11) is 0. The van der Waals surface area contributed by atoms with Crippen molar-refractivity contribution in [3.8, 4) is 17.4 Å². The van der Waals surface area contributed by atoms with Gasteiger partial charge in [-0.2, -0.15) is 41.3 Å². The molecule has 0 spiro atoms. The monoisotopic (exact) mass is 541 g/mol. The first-order chi connectivity index (χ1) is 18.0. The third-order valence-corrected chi connectivity index (χ3v) is 5.88. The fraction of sp³-hybridized carbons (Fsp3) is 0.400. The number of aliphatic hydroxyl groups excluding tert-OH is 1. The quantitative estimate of drug-likeness (QED) is 0.349. The second-order valence-electron chi connectivity index (χ2n) is 8.82. The Kier molecular flexibility index (Phi) is 8.36. The van der Waals surface area contributed by atoms with Crippen LogP contribution in [0.3, 0.4) is 0 Å². The predicted octanol–water partition coefficient (Wildman–Crippen LogP) is 6.11. The van der Waals surface area contributed by atoms with Crippen molar-refractivity contribution < 1.29 is 36.2 Å². The Bertz CT molecular complexity index is 1210. The van der Waals surface area contributed by atoms with Gasteiger partial charge in [0, 0.05) is 24.3 Å². The number of halogens is 6. The number of benzene rings is 2. The Morgan fingerprint density at radius 2 is 1.58 bits per heavy atom. The molecule has 1 aliphatic heterocycles. The molecule has 1 saturated heterocycles. The van der Waals surface area contributed by atoms with Gasteiger partial charge in [-0.25, -0.2) is 0 Å². The number of nitrogens with zero attached hydrogens (tertiary/aromatic N) is 4. The number of likely N-dealkylation sites (tertiary alicyclic amines) is 1. The first kappa shape index (κ1) is 27.6. The van der Waals surface area contributed by atoms with Gasteiger partial charge in [0.15, 0.2) is 12.4 Å². The SMILES string of the molecule is OC(c1ccc(-c2nc(Nc3cccc(C(F)(F)F)c3)nc(OCC(F)(F)F)n2)cc1)N1CCCCCC1. The van der Waals surface area contributed by atoms with Crippen LogP contribution in [-0.4, -0.2) is 50.8 Å². The number of nitrogens with one attached hydrogen (secondary N) is 1. The first-order valence-corrected chi connectivity index (χ1v) is 11.9. The van der Waals surface area contributed by atoms with E-state index in [1.807, 2.05) is 4.90 Å². The summed E-state index contributed by atoms with van der Waals surface area (Å²) in [5, 5.41) is 13.4. The van der Waals surface area contributed by atoms with Crippen LogP contribution >= 0.6 is 0 Å². The van der Waals surface area contributed by atoms with Crippen molar-refractivity contribution in [2.24, 2.45) is 0 Å². The van der Waals surface area contributed by atoms with Crippen LogP contribution in [0, 0.1) is 0 Å². The highest BCUT2D eigenvalue weighted by atomic mass is 19.4. The zero-order valence-electron chi connectivity index (χ0n) is 20.1. The number of alkyl halides is 6. The summed E-state index contributed by atoms with van der Waals surface area (Å²) in [4.78, 5) is 13.9. The Labute approximate surface area is 214 Å². The molecule has 7 nitrogen and oxygen atoms in total. The summed E-state index contributed by atoms with van der Waals surface area (Å²) >= 11 is 0. The van der Waals surface area contributed by atoms with E-state index in [1.165, 1.54) is 12.1 Å². The summed E-state index contributed by atoms with van der Waals surface area (Å²) in [6.45, 7) is -0.137. The lowest BCUT2D eigenvalue weighted by Gasteiger charge is -2.26. The summed E-state index contributed by atoms with van der Waals surface area (Å²) in [5.41, 5.74) is 0.0438. The first-order valence-electron chi connectivity index (χ1n) is 11.9. The van der Waals surface area contributed by atoms with E-state index in [1.54, 1.807) is 24.3 Å². The molecule has 38 heavy (non-hydrogen) atoms. The minimum atomic E-state index is -4.66. The van der Waals surface area contributed by atoms with Crippen molar-refractivity contribution >= 4 is 11.6 Å². The fourth-order valence-corrected chi connectivity index (χ4v) is 4.01. The lowest BCUT2D eigenvalue weighted by atomic mass is 10.1. The Balaban J connectivity index is 1.61. The number of hydrogen-bond acceptors (Lipinski definition) is 7. The topological polar surface area (TPSA) is 83.4 Å². The lowest BCUT2D eigenvalue weighted by molar-refractivity contribution is -0.154. The van der Waals surface area contributed by atoms with E-state index in [9.17, 15) is 31.4 Å². The van der Waals surface area contributed by atoms with Gasteiger partial charge in [0.05, 0.1) is 5.56 Å². The molecule has 0 bridgehead atoms. The highest BCUT2D eigenvalue weighted by molar-refractivity contribution is 5.60. The highest BCUT2D eigenvalue weighted by Crippen LogP contribution is 2.32. The molecule has 3 aromatic rings. The van der Waals surface area contributed by atoms with Gasteiger partial charge in [-0.15, -0.1) is 0 Å². The fourth-order valence-electron chi connectivity index (χ4n) is 4.01. The molecule has 1 aliphatic rings. The molecular formula is C25H25F6N5O2. The van der Waals surface area contributed by atoms with E-state index < -0.39 is 36.8 Å². The molecule has 1 unspecified atom stereocenters. The molecule has 0 radical (unpaired) electrons. The van der Waals surface area contributed by atoms with Gasteiger partial charge in [0.25, 0.3) is 0 Å². The maximum Gasteiger partial charge on any atom is 0.422 e.